The van der Waals surface area contributed by atoms with E-state index in [1.54, 1.807) is 24.4 Å². The molecule has 0 saturated heterocycles. The Morgan fingerprint density at radius 1 is 1.29 bits per heavy atom. The lowest BCUT2D eigenvalue weighted by Crippen LogP contribution is -2.15. The Kier molecular flexibility index (Phi) is 6.37. The van der Waals surface area contributed by atoms with Crippen molar-refractivity contribution in [1.29, 1.82) is 0 Å². The topological polar surface area (TPSA) is 76.1 Å². The second kappa shape index (κ2) is 8.49. The summed E-state index contributed by atoms with van der Waals surface area (Å²) in [5.74, 6) is 1.40. The van der Waals surface area contributed by atoms with Crippen molar-refractivity contribution in [2.45, 2.75) is 20.3 Å². The van der Waals surface area contributed by atoms with Crippen LogP contribution in [-0.4, -0.2) is 29.5 Å². The van der Waals surface area contributed by atoms with E-state index in [-0.39, 0.29) is 11.6 Å². The van der Waals surface area contributed by atoms with Crippen LogP contribution < -0.4 is 15.4 Å². The Balaban J connectivity index is 2.01. The first-order chi connectivity index (χ1) is 11.5. The van der Waals surface area contributed by atoms with Gasteiger partial charge in [0.25, 0.3) is 5.91 Å². The van der Waals surface area contributed by atoms with E-state index in [9.17, 15) is 4.79 Å². The molecule has 0 spiro atoms. The van der Waals surface area contributed by atoms with Gasteiger partial charge in [0, 0.05) is 11.6 Å². The molecule has 24 heavy (non-hydrogen) atoms. The van der Waals surface area contributed by atoms with Gasteiger partial charge in [-0.25, -0.2) is 9.97 Å². The Bertz CT molecular complexity index is 689. The van der Waals surface area contributed by atoms with Crippen LogP contribution in [0.5, 0.6) is 5.75 Å². The second-order valence-electron chi connectivity index (χ2n) is 5.69. The molecule has 0 atom stereocenters. The van der Waals surface area contributed by atoms with Crippen LogP contribution in [0.25, 0.3) is 0 Å². The van der Waals surface area contributed by atoms with E-state index in [0.29, 0.717) is 28.2 Å². The molecule has 128 valence electrons. The van der Waals surface area contributed by atoms with Crippen LogP contribution in [0.15, 0.2) is 30.6 Å². The summed E-state index contributed by atoms with van der Waals surface area (Å²) >= 11 is 5.95. The van der Waals surface area contributed by atoms with E-state index >= 15 is 0 Å². The van der Waals surface area contributed by atoms with Crippen molar-refractivity contribution in [1.82, 2.24) is 9.97 Å². The van der Waals surface area contributed by atoms with Gasteiger partial charge in [0.2, 0.25) is 0 Å². The van der Waals surface area contributed by atoms with Gasteiger partial charge in [-0.2, -0.15) is 0 Å². The zero-order chi connectivity index (χ0) is 17.5. The number of nitrogens with one attached hydrogen (secondary N) is 2. The Morgan fingerprint density at radius 2 is 2.08 bits per heavy atom. The van der Waals surface area contributed by atoms with Crippen molar-refractivity contribution in [3.63, 3.8) is 0 Å². The Hall–Kier alpha value is -2.34. The number of amides is 1. The minimum Gasteiger partial charge on any atom is -0.495 e. The van der Waals surface area contributed by atoms with Gasteiger partial charge < -0.3 is 15.4 Å². The number of aromatic nitrogens is 2. The molecule has 1 heterocycles. The number of halogens is 1. The third-order valence-corrected chi connectivity index (χ3v) is 3.56. The lowest BCUT2D eigenvalue weighted by Gasteiger charge is -2.10. The maximum Gasteiger partial charge on any atom is 0.275 e. The van der Waals surface area contributed by atoms with Gasteiger partial charge in [0.05, 0.1) is 25.2 Å². The van der Waals surface area contributed by atoms with E-state index < -0.39 is 0 Å². The first-order valence-corrected chi connectivity index (χ1v) is 8.08. The summed E-state index contributed by atoms with van der Waals surface area (Å²) in [6, 6.07) is 4.99. The zero-order valence-electron chi connectivity index (χ0n) is 14.0. The van der Waals surface area contributed by atoms with Crippen molar-refractivity contribution in [3.8, 4) is 5.75 Å². The summed E-state index contributed by atoms with van der Waals surface area (Å²) in [5, 5.41) is 6.40. The third-order valence-electron chi connectivity index (χ3n) is 3.32. The van der Waals surface area contributed by atoms with Crippen molar-refractivity contribution in [2.24, 2.45) is 5.92 Å². The molecule has 0 aliphatic heterocycles. The van der Waals surface area contributed by atoms with E-state index in [1.165, 1.54) is 13.3 Å². The molecule has 6 nitrogen and oxygen atoms in total. The minimum atomic E-state index is -0.378. The molecule has 7 heteroatoms. The molecule has 2 N–H and O–H groups in total. The van der Waals surface area contributed by atoms with Gasteiger partial charge in [0.1, 0.15) is 17.3 Å². The van der Waals surface area contributed by atoms with Crippen molar-refractivity contribution in [2.75, 3.05) is 24.3 Å². The van der Waals surface area contributed by atoms with Gasteiger partial charge in [-0.1, -0.05) is 25.4 Å². The molecule has 1 aromatic heterocycles. The number of rotatable bonds is 7. The van der Waals surface area contributed by atoms with Crippen molar-refractivity contribution in [3.05, 3.63) is 41.3 Å². The smallest absolute Gasteiger partial charge is 0.275 e. The van der Waals surface area contributed by atoms with Crippen LogP contribution in [0.2, 0.25) is 5.02 Å². The molecule has 0 radical (unpaired) electrons. The average Bonchev–Trinajstić information content (AvgIpc) is 2.55. The molecule has 2 rings (SSSR count). The highest BCUT2D eigenvalue weighted by Gasteiger charge is 2.12. The van der Waals surface area contributed by atoms with Gasteiger partial charge in [-0.05, 0) is 30.5 Å². The molecule has 0 unspecified atom stereocenters. The maximum absolute atomic E-state index is 12.3. The predicted molar refractivity (Wildman–Crippen MR) is 95.9 cm³/mol. The number of carbonyl (C=O) groups is 1. The van der Waals surface area contributed by atoms with Crippen LogP contribution in [0.1, 0.15) is 30.8 Å². The molecular weight excluding hydrogens is 328 g/mol. The Labute approximate surface area is 146 Å². The molecule has 2 aromatic rings. The number of carbonyl (C=O) groups excluding carboxylic acids is 1. The van der Waals surface area contributed by atoms with Crippen LogP contribution in [0.4, 0.5) is 11.5 Å². The molecule has 1 amide bonds. The summed E-state index contributed by atoms with van der Waals surface area (Å²) in [6.45, 7) is 5.13. The normalized spacial score (nSPS) is 10.5. The van der Waals surface area contributed by atoms with Gasteiger partial charge in [-0.15, -0.1) is 0 Å². The zero-order valence-corrected chi connectivity index (χ0v) is 14.7. The molecule has 1 aromatic carbocycles. The molecule has 0 aliphatic rings. The Morgan fingerprint density at radius 3 is 2.71 bits per heavy atom. The van der Waals surface area contributed by atoms with Gasteiger partial charge >= 0.3 is 0 Å². The van der Waals surface area contributed by atoms with E-state index in [0.717, 1.165) is 13.0 Å². The number of ether oxygens (including phenoxy) is 1. The van der Waals surface area contributed by atoms with Gasteiger partial charge in [0.15, 0.2) is 0 Å². The lowest BCUT2D eigenvalue weighted by molar-refractivity contribution is 0.102. The predicted octanol–water partition coefficient (Wildman–Crippen LogP) is 3.85. The fourth-order valence-corrected chi connectivity index (χ4v) is 2.16. The summed E-state index contributed by atoms with van der Waals surface area (Å²) in [6.07, 6.45) is 4.02. The SMILES string of the molecule is COc1ccc(Cl)cc1NC(=O)c1cnc(NCCC(C)C)cn1. The number of methoxy groups -OCH3 is 1. The minimum absolute atomic E-state index is 0.214. The van der Waals surface area contributed by atoms with E-state index in [1.807, 2.05) is 0 Å². The van der Waals surface area contributed by atoms with Crippen molar-refractivity contribution >= 4 is 29.0 Å². The van der Waals surface area contributed by atoms with Crippen LogP contribution in [0.3, 0.4) is 0 Å². The fourth-order valence-electron chi connectivity index (χ4n) is 1.99. The molecular formula is C17H21ClN4O2. The quantitative estimate of drug-likeness (QED) is 0.794. The highest BCUT2D eigenvalue weighted by Crippen LogP contribution is 2.27. The first-order valence-electron chi connectivity index (χ1n) is 7.70. The maximum atomic E-state index is 12.3. The number of anilines is 2. The summed E-state index contributed by atoms with van der Waals surface area (Å²) in [5.41, 5.74) is 0.697. The van der Waals surface area contributed by atoms with E-state index in [4.69, 9.17) is 16.3 Å². The molecule has 0 fully saturated rings. The highest BCUT2D eigenvalue weighted by atomic mass is 35.5. The van der Waals surface area contributed by atoms with Crippen LogP contribution in [0, 0.1) is 5.92 Å². The summed E-state index contributed by atoms with van der Waals surface area (Å²) < 4.78 is 5.20. The number of hydrogen-bond donors (Lipinski definition) is 2. The number of benzene rings is 1. The standard InChI is InChI=1S/C17H21ClN4O2/c1-11(2)6-7-19-16-10-20-14(9-21-16)17(23)22-13-8-12(18)4-5-15(13)24-3/h4-5,8-11H,6-7H2,1-3H3,(H,19,21)(H,22,23). The second-order valence-corrected chi connectivity index (χ2v) is 6.13. The number of nitrogens with zero attached hydrogens (tertiary/aromatic N) is 2. The first kappa shape index (κ1) is 18.0. The highest BCUT2D eigenvalue weighted by molar-refractivity contribution is 6.31. The largest absolute Gasteiger partial charge is 0.495 e. The lowest BCUT2D eigenvalue weighted by atomic mass is 10.1. The van der Waals surface area contributed by atoms with Gasteiger partial charge in [-0.3, -0.25) is 4.79 Å². The van der Waals surface area contributed by atoms with E-state index in [2.05, 4.69) is 34.4 Å². The molecule has 0 aliphatic carbocycles. The average molecular weight is 349 g/mol. The summed E-state index contributed by atoms with van der Waals surface area (Å²) in [7, 11) is 1.52. The fraction of sp³-hybridized carbons (Fsp3) is 0.353. The monoisotopic (exact) mass is 348 g/mol. The summed E-state index contributed by atoms with van der Waals surface area (Å²) in [4.78, 5) is 20.6. The van der Waals surface area contributed by atoms with Crippen molar-refractivity contribution < 1.29 is 9.53 Å². The molecule has 0 bridgehead atoms. The third kappa shape index (κ3) is 5.09. The van der Waals surface area contributed by atoms with Crippen LogP contribution in [-0.2, 0) is 0 Å². The molecule has 0 saturated carbocycles. The number of hydrogen-bond acceptors (Lipinski definition) is 5. The van der Waals surface area contributed by atoms with Crippen LogP contribution >= 0.6 is 11.6 Å².